The summed E-state index contributed by atoms with van der Waals surface area (Å²) in [6, 6.07) is 5.15. The van der Waals surface area contributed by atoms with Gasteiger partial charge in [-0.1, -0.05) is 6.07 Å². The average molecular weight is 240 g/mol. The Bertz CT molecular complexity index is 355. The van der Waals surface area contributed by atoms with Crippen LogP contribution < -0.4 is 10.1 Å². The molecule has 0 amide bonds. The molecule has 1 aromatic rings. The highest BCUT2D eigenvalue weighted by Crippen LogP contribution is 2.22. The standard InChI is InChI=1S/C13H21FN2O/c1-10(15-7-8-16(2)3)11-5-6-12(14)13(9-11)17-4/h5-6,9-10,15H,7-8H2,1-4H3. The van der Waals surface area contributed by atoms with E-state index in [0.717, 1.165) is 18.7 Å². The summed E-state index contributed by atoms with van der Waals surface area (Å²) < 4.78 is 18.2. The van der Waals surface area contributed by atoms with Crippen molar-refractivity contribution in [2.75, 3.05) is 34.3 Å². The minimum Gasteiger partial charge on any atom is -0.494 e. The van der Waals surface area contributed by atoms with Crippen molar-refractivity contribution in [3.8, 4) is 5.75 Å². The van der Waals surface area contributed by atoms with E-state index in [9.17, 15) is 4.39 Å². The molecule has 0 radical (unpaired) electrons. The first-order valence-electron chi connectivity index (χ1n) is 5.76. The lowest BCUT2D eigenvalue weighted by atomic mass is 10.1. The van der Waals surface area contributed by atoms with Gasteiger partial charge in [0, 0.05) is 19.1 Å². The minimum absolute atomic E-state index is 0.185. The molecule has 1 aromatic carbocycles. The summed E-state index contributed by atoms with van der Waals surface area (Å²) in [5.74, 6) is -0.0273. The zero-order valence-corrected chi connectivity index (χ0v) is 11.0. The van der Waals surface area contributed by atoms with Crippen molar-refractivity contribution in [1.82, 2.24) is 10.2 Å². The number of hydrogen-bond donors (Lipinski definition) is 1. The van der Waals surface area contributed by atoms with Crippen LogP contribution in [0.1, 0.15) is 18.5 Å². The molecule has 1 unspecified atom stereocenters. The Morgan fingerprint density at radius 3 is 2.71 bits per heavy atom. The molecule has 17 heavy (non-hydrogen) atoms. The largest absolute Gasteiger partial charge is 0.494 e. The Balaban J connectivity index is 2.59. The van der Waals surface area contributed by atoms with Crippen LogP contribution in [-0.2, 0) is 0 Å². The number of ether oxygens (including phenoxy) is 1. The third-order valence-corrected chi connectivity index (χ3v) is 2.68. The van der Waals surface area contributed by atoms with Crippen LogP contribution in [-0.4, -0.2) is 39.2 Å². The van der Waals surface area contributed by atoms with Crippen LogP contribution in [0.4, 0.5) is 4.39 Å². The SMILES string of the molecule is COc1cc(C(C)NCCN(C)C)ccc1F. The fraction of sp³-hybridized carbons (Fsp3) is 0.538. The molecular weight excluding hydrogens is 219 g/mol. The Kier molecular flexibility index (Phi) is 5.38. The van der Waals surface area contributed by atoms with Crippen molar-refractivity contribution in [3.05, 3.63) is 29.6 Å². The Morgan fingerprint density at radius 2 is 2.12 bits per heavy atom. The number of methoxy groups -OCH3 is 1. The molecule has 0 saturated heterocycles. The summed E-state index contributed by atoms with van der Waals surface area (Å²) in [6.07, 6.45) is 0. The second-order valence-electron chi connectivity index (χ2n) is 4.37. The maximum absolute atomic E-state index is 13.2. The summed E-state index contributed by atoms with van der Waals surface area (Å²) in [5.41, 5.74) is 1.03. The number of rotatable bonds is 6. The maximum Gasteiger partial charge on any atom is 0.165 e. The molecule has 0 aliphatic heterocycles. The van der Waals surface area contributed by atoms with Gasteiger partial charge >= 0.3 is 0 Å². The van der Waals surface area contributed by atoms with E-state index in [1.807, 2.05) is 14.1 Å². The second-order valence-corrected chi connectivity index (χ2v) is 4.37. The summed E-state index contributed by atoms with van der Waals surface area (Å²) in [4.78, 5) is 2.12. The quantitative estimate of drug-likeness (QED) is 0.823. The van der Waals surface area contributed by atoms with Gasteiger partial charge in [-0.2, -0.15) is 0 Å². The molecule has 0 heterocycles. The third kappa shape index (κ3) is 4.32. The van der Waals surface area contributed by atoms with Crippen LogP contribution >= 0.6 is 0 Å². The number of nitrogens with zero attached hydrogens (tertiary/aromatic N) is 1. The Hall–Kier alpha value is -1.13. The summed E-state index contributed by atoms with van der Waals surface area (Å²) in [7, 11) is 5.55. The number of benzene rings is 1. The van der Waals surface area contributed by atoms with Gasteiger partial charge in [-0.15, -0.1) is 0 Å². The van der Waals surface area contributed by atoms with E-state index < -0.39 is 0 Å². The normalized spacial score (nSPS) is 12.8. The highest BCUT2D eigenvalue weighted by atomic mass is 19.1. The molecule has 3 nitrogen and oxygen atoms in total. The molecule has 1 rings (SSSR count). The van der Waals surface area contributed by atoms with Gasteiger partial charge in [0.1, 0.15) is 0 Å². The van der Waals surface area contributed by atoms with Gasteiger partial charge in [-0.25, -0.2) is 4.39 Å². The first kappa shape index (κ1) is 13.9. The molecule has 96 valence electrons. The fourth-order valence-corrected chi connectivity index (χ4v) is 1.57. The number of halogens is 1. The third-order valence-electron chi connectivity index (χ3n) is 2.68. The van der Waals surface area contributed by atoms with Crippen LogP contribution in [0.2, 0.25) is 0 Å². The van der Waals surface area contributed by atoms with Crippen LogP contribution in [0.5, 0.6) is 5.75 Å². The van der Waals surface area contributed by atoms with Crippen LogP contribution in [0, 0.1) is 5.82 Å². The van der Waals surface area contributed by atoms with Crippen molar-refractivity contribution in [3.63, 3.8) is 0 Å². The molecule has 4 heteroatoms. The fourth-order valence-electron chi connectivity index (χ4n) is 1.57. The van der Waals surface area contributed by atoms with E-state index in [0.29, 0.717) is 5.75 Å². The van der Waals surface area contributed by atoms with Crippen molar-refractivity contribution in [1.29, 1.82) is 0 Å². The summed E-state index contributed by atoms with van der Waals surface area (Å²) in [5, 5.41) is 3.38. The van der Waals surface area contributed by atoms with Crippen molar-refractivity contribution in [2.24, 2.45) is 0 Å². The molecule has 0 bridgehead atoms. The lowest BCUT2D eigenvalue weighted by molar-refractivity contribution is 0.381. The van der Waals surface area contributed by atoms with E-state index in [2.05, 4.69) is 17.1 Å². The molecular formula is C13H21FN2O. The van der Waals surface area contributed by atoms with E-state index in [-0.39, 0.29) is 11.9 Å². The molecule has 0 spiro atoms. The summed E-state index contributed by atoms with van der Waals surface area (Å²) in [6.45, 7) is 3.93. The van der Waals surface area contributed by atoms with Gasteiger partial charge in [0.2, 0.25) is 0 Å². The van der Waals surface area contributed by atoms with Gasteiger partial charge in [0.05, 0.1) is 7.11 Å². The van der Waals surface area contributed by atoms with E-state index >= 15 is 0 Å². The van der Waals surface area contributed by atoms with Crippen LogP contribution in [0.15, 0.2) is 18.2 Å². The molecule has 0 aromatic heterocycles. The maximum atomic E-state index is 13.2. The summed E-state index contributed by atoms with van der Waals surface area (Å²) >= 11 is 0. The van der Waals surface area contributed by atoms with Gasteiger partial charge in [0.15, 0.2) is 11.6 Å². The monoisotopic (exact) mass is 240 g/mol. The van der Waals surface area contributed by atoms with Gasteiger partial charge in [-0.3, -0.25) is 0 Å². The zero-order chi connectivity index (χ0) is 12.8. The molecule has 0 fully saturated rings. The predicted octanol–water partition coefficient (Wildman–Crippen LogP) is 2.05. The molecule has 0 aliphatic carbocycles. The number of hydrogen-bond acceptors (Lipinski definition) is 3. The highest BCUT2D eigenvalue weighted by Gasteiger charge is 2.08. The Labute approximate surface area is 103 Å². The van der Waals surface area contributed by atoms with Gasteiger partial charge < -0.3 is 15.0 Å². The van der Waals surface area contributed by atoms with E-state index in [1.165, 1.54) is 13.2 Å². The Morgan fingerprint density at radius 1 is 1.41 bits per heavy atom. The predicted molar refractivity (Wildman–Crippen MR) is 67.9 cm³/mol. The van der Waals surface area contributed by atoms with Crippen molar-refractivity contribution >= 4 is 0 Å². The smallest absolute Gasteiger partial charge is 0.165 e. The lowest BCUT2D eigenvalue weighted by Crippen LogP contribution is -2.28. The van der Waals surface area contributed by atoms with Crippen LogP contribution in [0.25, 0.3) is 0 Å². The average Bonchev–Trinajstić information content (AvgIpc) is 2.29. The molecule has 0 saturated carbocycles. The second kappa shape index (κ2) is 6.57. The van der Waals surface area contributed by atoms with E-state index in [4.69, 9.17) is 4.74 Å². The molecule has 1 N–H and O–H groups in total. The van der Waals surface area contributed by atoms with E-state index in [1.54, 1.807) is 12.1 Å². The highest BCUT2D eigenvalue weighted by molar-refractivity contribution is 5.31. The first-order valence-corrected chi connectivity index (χ1v) is 5.76. The first-order chi connectivity index (χ1) is 8.04. The van der Waals surface area contributed by atoms with Crippen molar-refractivity contribution in [2.45, 2.75) is 13.0 Å². The molecule has 1 atom stereocenters. The van der Waals surface area contributed by atoms with Gasteiger partial charge in [-0.05, 0) is 38.7 Å². The lowest BCUT2D eigenvalue weighted by Gasteiger charge is -2.17. The molecule has 0 aliphatic rings. The minimum atomic E-state index is -0.322. The number of nitrogens with one attached hydrogen (secondary N) is 1. The van der Waals surface area contributed by atoms with Crippen molar-refractivity contribution < 1.29 is 9.13 Å². The van der Waals surface area contributed by atoms with Gasteiger partial charge in [0.25, 0.3) is 0 Å². The van der Waals surface area contributed by atoms with Crippen LogP contribution in [0.3, 0.4) is 0 Å². The topological polar surface area (TPSA) is 24.5 Å². The zero-order valence-electron chi connectivity index (χ0n) is 11.0. The number of likely N-dealkylation sites (N-methyl/N-ethyl adjacent to an activating group) is 1.